The number of thioether (sulfide) groups is 1. The molecule has 0 unspecified atom stereocenters. The third kappa shape index (κ3) is 3.98. The van der Waals surface area contributed by atoms with Crippen molar-refractivity contribution < 1.29 is 4.79 Å². The number of nitrogens with zero attached hydrogens (tertiary/aromatic N) is 3. The molecule has 3 atom stereocenters. The van der Waals surface area contributed by atoms with E-state index in [4.69, 9.17) is 0 Å². The van der Waals surface area contributed by atoms with Gasteiger partial charge in [0, 0.05) is 11.7 Å². The van der Waals surface area contributed by atoms with Crippen molar-refractivity contribution in [3.63, 3.8) is 0 Å². The second-order valence-electron chi connectivity index (χ2n) is 6.46. The predicted octanol–water partition coefficient (Wildman–Crippen LogP) is 3.44. The van der Waals surface area contributed by atoms with Gasteiger partial charge < -0.3 is 5.32 Å². The van der Waals surface area contributed by atoms with Crippen LogP contribution in [0.2, 0.25) is 0 Å². The van der Waals surface area contributed by atoms with Crippen molar-refractivity contribution in [2.45, 2.75) is 56.0 Å². The summed E-state index contributed by atoms with van der Waals surface area (Å²) in [5, 5.41) is 11.9. The maximum absolute atomic E-state index is 12.5. The molecule has 0 radical (unpaired) electrons. The average molecular weight is 344 g/mol. The topological polar surface area (TPSA) is 59.8 Å². The second kappa shape index (κ2) is 7.83. The highest BCUT2D eigenvalue weighted by Crippen LogP contribution is 2.26. The first kappa shape index (κ1) is 17.0. The van der Waals surface area contributed by atoms with E-state index in [9.17, 15) is 4.79 Å². The highest BCUT2D eigenvalue weighted by Gasteiger charge is 2.26. The van der Waals surface area contributed by atoms with Crippen LogP contribution < -0.4 is 5.32 Å². The Labute approximate surface area is 147 Å². The molecule has 0 aliphatic heterocycles. The molecule has 1 saturated carbocycles. The van der Waals surface area contributed by atoms with Crippen LogP contribution in [0.5, 0.6) is 0 Å². The Morgan fingerprint density at radius 2 is 2.04 bits per heavy atom. The first-order valence-electron chi connectivity index (χ1n) is 8.57. The van der Waals surface area contributed by atoms with Crippen LogP contribution in [0, 0.1) is 5.92 Å². The molecule has 0 saturated heterocycles. The molecular weight excluding hydrogens is 320 g/mol. The zero-order valence-corrected chi connectivity index (χ0v) is 15.0. The zero-order valence-electron chi connectivity index (χ0n) is 14.2. The molecule has 0 bridgehead atoms. The lowest BCUT2D eigenvalue weighted by molar-refractivity contribution is -0.121. The number of aromatic nitrogens is 3. The summed E-state index contributed by atoms with van der Waals surface area (Å²) in [5.41, 5.74) is 0.999. The number of amides is 1. The summed E-state index contributed by atoms with van der Waals surface area (Å²) in [6, 6.07) is 10.2. The molecule has 0 spiro atoms. The van der Waals surface area contributed by atoms with Crippen LogP contribution in [0.3, 0.4) is 0 Å². The van der Waals surface area contributed by atoms with Gasteiger partial charge >= 0.3 is 0 Å². The summed E-state index contributed by atoms with van der Waals surface area (Å²) in [7, 11) is 0. The van der Waals surface area contributed by atoms with Gasteiger partial charge in [0.05, 0.1) is 5.25 Å². The van der Waals surface area contributed by atoms with E-state index in [2.05, 4.69) is 22.4 Å². The smallest absolute Gasteiger partial charge is 0.233 e. The van der Waals surface area contributed by atoms with E-state index in [0.717, 1.165) is 17.3 Å². The van der Waals surface area contributed by atoms with Gasteiger partial charge in [-0.05, 0) is 37.8 Å². The fraction of sp³-hybridized carbons (Fsp3) is 0.500. The summed E-state index contributed by atoms with van der Waals surface area (Å²) >= 11 is 1.45. The van der Waals surface area contributed by atoms with Crippen molar-refractivity contribution in [3.05, 3.63) is 36.7 Å². The third-order valence-corrected chi connectivity index (χ3v) is 5.70. The van der Waals surface area contributed by atoms with Gasteiger partial charge in [0.1, 0.15) is 6.33 Å². The van der Waals surface area contributed by atoms with Crippen LogP contribution >= 0.6 is 11.8 Å². The van der Waals surface area contributed by atoms with Gasteiger partial charge in [0.2, 0.25) is 5.91 Å². The fourth-order valence-corrected chi connectivity index (χ4v) is 3.96. The first-order valence-corrected chi connectivity index (χ1v) is 9.45. The minimum Gasteiger partial charge on any atom is -0.352 e. The normalized spacial score (nSPS) is 22.1. The van der Waals surface area contributed by atoms with Crippen LogP contribution in [-0.2, 0) is 4.79 Å². The largest absolute Gasteiger partial charge is 0.352 e. The highest BCUT2D eigenvalue weighted by atomic mass is 32.2. The van der Waals surface area contributed by atoms with Crippen LogP contribution in [0.25, 0.3) is 5.69 Å². The Morgan fingerprint density at radius 3 is 2.79 bits per heavy atom. The molecule has 2 aromatic rings. The van der Waals surface area contributed by atoms with Crippen molar-refractivity contribution >= 4 is 17.7 Å². The first-order chi connectivity index (χ1) is 11.6. The summed E-state index contributed by atoms with van der Waals surface area (Å²) in [6.45, 7) is 4.16. The minimum absolute atomic E-state index is 0.0846. The van der Waals surface area contributed by atoms with Gasteiger partial charge in [-0.1, -0.05) is 49.7 Å². The molecule has 1 aliphatic rings. The molecule has 1 amide bonds. The summed E-state index contributed by atoms with van der Waals surface area (Å²) in [6.07, 6.45) is 6.46. The molecule has 1 N–H and O–H groups in total. The third-order valence-electron chi connectivity index (χ3n) is 4.64. The molecule has 5 nitrogen and oxygen atoms in total. The molecule has 1 aliphatic carbocycles. The van der Waals surface area contributed by atoms with E-state index >= 15 is 0 Å². The van der Waals surface area contributed by atoms with Crippen molar-refractivity contribution in [2.24, 2.45) is 5.92 Å². The Bertz CT molecular complexity index is 673. The maximum atomic E-state index is 12.5. The lowest BCUT2D eigenvalue weighted by Crippen LogP contribution is -2.44. The number of nitrogens with one attached hydrogen (secondary N) is 1. The minimum atomic E-state index is -0.203. The Kier molecular flexibility index (Phi) is 5.56. The maximum Gasteiger partial charge on any atom is 0.233 e. The van der Waals surface area contributed by atoms with Crippen LogP contribution in [-0.4, -0.2) is 32.0 Å². The molecular formula is C18H24N4OS. The quantitative estimate of drug-likeness (QED) is 0.844. The van der Waals surface area contributed by atoms with Gasteiger partial charge in [0.15, 0.2) is 5.16 Å². The molecule has 3 rings (SSSR count). The van der Waals surface area contributed by atoms with E-state index in [1.165, 1.54) is 31.0 Å². The lowest BCUT2D eigenvalue weighted by Gasteiger charge is -2.30. The second-order valence-corrected chi connectivity index (χ2v) is 7.76. The van der Waals surface area contributed by atoms with E-state index in [0.29, 0.717) is 12.0 Å². The molecule has 1 aromatic carbocycles. The molecule has 24 heavy (non-hydrogen) atoms. The number of hydrogen-bond donors (Lipinski definition) is 1. The molecule has 6 heteroatoms. The van der Waals surface area contributed by atoms with Gasteiger partial charge in [0.25, 0.3) is 0 Å². The number of para-hydroxylation sites is 1. The highest BCUT2D eigenvalue weighted by molar-refractivity contribution is 8.00. The van der Waals surface area contributed by atoms with Crippen LogP contribution in [0.15, 0.2) is 41.8 Å². The summed E-state index contributed by atoms with van der Waals surface area (Å²) in [4.78, 5) is 12.5. The number of rotatable bonds is 5. The number of benzene rings is 1. The summed E-state index contributed by atoms with van der Waals surface area (Å²) in [5.74, 6) is 0.647. The van der Waals surface area contributed by atoms with Crippen molar-refractivity contribution in [1.29, 1.82) is 0 Å². The van der Waals surface area contributed by atoms with E-state index in [-0.39, 0.29) is 11.2 Å². The molecule has 128 valence electrons. The Hall–Kier alpha value is -1.82. The van der Waals surface area contributed by atoms with Crippen LogP contribution in [0.1, 0.15) is 39.5 Å². The van der Waals surface area contributed by atoms with Crippen molar-refractivity contribution in [2.75, 3.05) is 0 Å². The summed E-state index contributed by atoms with van der Waals surface area (Å²) < 4.78 is 1.91. The van der Waals surface area contributed by atoms with Gasteiger partial charge in [-0.15, -0.1) is 10.2 Å². The van der Waals surface area contributed by atoms with E-state index in [1.807, 2.05) is 41.8 Å². The fourth-order valence-electron chi connectivity index (χ4n) is 3.11. The van der Waals surface area contributed by atoms with Crippen molar-refractivity contribution in [3.8, 4) is 5.69 Å². The zero-order chi connectivity index (χ0) is 16.9. The Balaban J connectivity index is 1.64. The number of hydrogen-bond acceptors (Lipinski definition) is 4. The van der Waals surface area contributed by atoms with E-state index < -0.39 is 0 Å². The molecule has 1 fully saturated rings. The molecule has 1 aromatic heterocycles. The SMILES string of the molecule is C[C@H](Sc1nncn1-c1ccccc1)C(=O)N[C@@H]1CCCC[C@@H]1C. The monoisotopic (exact) mass is 344 g/mol. The van der Waals surface area contributed by atoms with Crippen LogP contribution in [0.4, 0.5) is 0 Å². The van der Waals surface area contributed by atoms with Gasteiger partial charge in [-0.3, -0.25) is 9.36 Å². The average Bonchev–Trinajstić information content (AvgIpc) is 3.05. The number of carbonyl (C=O) groups excluding carboxylic acids is 1. The van der Waals surface area contributed by atoms with E-state index in [1.54, 1.807) is 6.33 Å². The predicted molar refractivity (Wildman–Crippen MR) is 96.2 cm³/mol. The number of carbonyl (C=O) groups is 1. The standard InChI is InChI=1S/C18H24N4OS/c1-13-8-6-7-11-16(13)20-17(23)14(2)24-18-21-19-12-22(18)15-9-4-3-5-10-15/h3-5,9-10,12-14,16H,6-8,11H2,1-2H3,(H,20,23)/t13-,14-,16+/m0/s1. The lowest BCUT2D eigenvalue weighted by atomic mass is 9.86. The van der Waals surface area contributed by atoms with Crippen molar-refractivity contribution in [1.82, 2.24) is 20.1 Å². The Morgan fingerprint density at radius 1 is 1.29 bits per heavy atom. The molecule has 1 heterocycles. The van der Waals surface area contributed by atoms with Gasteiger partial charge in [-0.25, -0.2) is 0 Å². The van der Waals surface area contributed by atoms with Gasteiger partial charge in [-0.2, -0.15) is 0 Å².